The van der Waals surface area contributed by atoms with E-state index in [1.165, 1.54) is 11.1 Å². The second kappa shape index (κ2) is 9.69. The van der Waals surface area contributed by atoms with Gasteiger partial charge < -0.3 is 23.9 Å². The van der Waals surface area contributed by atoms with E-state index in [2.05, 4.69) is 33.9 Å². The molecule has 3 aromatic rings. The number of carbonyl (C=O) groups is 2. The van der Waals surface area contributed by atoms with Crippen LogP contribution in [0.4, 0.5) is 0 Å². The van der Waals surface area contributed by atoms with Gasteiger partial charge in [-0.05, 0) is 42.7 Å². The van der Waals surface area contributed by atoms with Gasteiger partial charge in [0.2, 0.25) is 11.8 Å². The zero-order valence-electron chi connectivity index (χ0n) is 22.4. The molecule has 200 valence electrons. The average Bonchev–Trinajstić information content (AvgIpc) is 3.63. The van der Waals surface area contributed by atoms with Gasteiger partial charge in [-0.1, -0.05) is 44.5 Å². The number of fused-ring (bicyclic) bond motifs is 2. The Bertz CT molecular complexity index is 1350. The fraction of sp³-hybridized carbons (Fsp3) is 0.517. The van der Waals surface area contributed by atoms with E-state index >= 15 is 0 Å². The molecular weight excluding hydrogens is 482 g/mol. The summed E-state index contributed by atoms with van der Waals surface area (Å²) in [6, 6.07) is 6.38. The highest BCUT2D eigenvalue weighted by Crippen LogP contribution is 2.39. The maximum atomic E-state index is 14.6. The lowest BCUT2D eigenvalue weighted by atomic mass is 9.86. The van der Waals surface area contributed by atoms with Crippen molar-refractivity contribution < 1.29 is 18.7 Å². The van der Waals surface area contributed by atoms with E-state index < -0.39 is 18.1 Å². The summed E-state index contributed by atoms with van der Waals surface area (Å²) in [6.45, 7) is 9.49. The number of rotatable bonds is 6. The van der Waals surface area contributed by atoms with Gasteiger partial charge in [-0.15, -0.1) is 0 Å². The smallest absolute Gasteiger partial charge is 0.247 e. The Morgan fingerprint density at radius 1 is 1.13 bits per heavy atom. The highest BCUT2D eigenvalue weighted by Gasteiger charge is 2.51. The van der Waals surface area contributed by atoms with Gasteiger partial charge in [0.1, 0.15) is 35.9 Å². The molecule has 4 atom stereocenters. The third-order valence-electron chi connectivity index (χ3n) is 8.56. The van der Waals surface area contributed by atoms with Crippen LogP contribution in [0.3, 0.4) is 0 Å². The number of amides is 2. The lowest BCUT2D eigenvalue weighted by Gasteiger charge is -2.46. The fourth-order valence-corrected chi connectivity index (χ4v) is 6.42. The summed E-state index contributed by atoms with van der Waals surface area (Å²) in [5, 5.41) is 3.15. The van der Waals surface area contributed by atoms with E-state index in [-0.39, 0.29) is 23.7 Å². The average molecular weight is 518 g/mol. The van der Waals surface area contributed by atoms with Crippen LogP contribution in [0.1, 0.15) is 66.2 Å². The second-order valence-corrected chi connectivity index (χ2v) is 10.9. The molecule has 0 radical (unpaired) electrons. The Morgan fingerprint density at radius 3 is 2.53 bits per heavy atom. The molecule has 4 heterocycles. The fourth-order valence-electron chi connectivity index (χ4n) is 6.42. The van der Waals surface area contributed by atoms with E-state index in [0.717, 1.165) is 30.7 Å². The van der Waals surface area contributed by atoms with Gasteiger partial charge in [-0.3, -0.25) is 9.59 Å². The van der Waals surface area contributed by atoms with Crippen molar-refractivity contribution in [3.8, 4) is 0 Å². The first-order valence-corrected chi connectivity index (χ1v) is 13.6. The number of hydrogen-bond donors (Lipinski definition) is 1. The Balaban J connectivity index is 1.47. The predicted molar refractivity (Wildman–Crippen MR) is 139 cm³/mol. The second-order valence-electron chi connectivity index (χ2n) is 10.9. The maximum absolute atomic E-state index is 14.6. The largest absolute Gasteiger partial charge is 0.449 e. The van der Waals surface area contributed by atoms with Gasteiger partial charge in [-0.25, -0.2) is 9.97 Å². The zero-order valence-corrected chi connectivity index (χ0v) is 22.4. The summed E-state index contributed by atoms with van der Waals surface area (Å²) in [6.07, 6.45) is 3.87. The first kappa shape index (κ1) is 24.9. The normalized spacial score (nSPS) is 23.2. The molecule has 1 aromatic carbocycles. The number of imidazole rings is 1. The number of piperazine rings is 1. The van der Waals surface area contributed by atoms with Gasteiger partial charge in [0.15, 0.2) is 5.89 Å². The SMILES string of the molecule is CC[C@H](C)[C@@H]1C(=O)N[C@H](C2Cc3ccccc3C2)C(=O)N1C(c1coc(C)n1)c1nc(C)c2n1CCOC2. The van der Waals surface area contributed by atoms with Crippen molar-refractivity contribution in [2.75, 3.05) is 6.61 Å². The van der Waals surface area contributed by atoms with E-state index in [9.17, 15) is 9.59 Å². The summed E-state index contributed by atoms with van der Waals surface area (Å²) in [4.78, 5) is 39.9. The van der Waals surface area contributed by atoms with Crippen LogP contribution < -0.4 is 5.32 Å². The first-order chi connectivity index (χ1) is 18.4. The Morgan fingerprint density at radius 2 is 1.87 bits per heavy atom. The lowest BCUT2D eigenvalue weighted by molar-refractivity contribution is -0.155. The molecule has 2 aliphatic heterocycles. The molecule has 1 saturated heterocycles. The molecule has 38 heavy (non-hydrogen) atoms. The van der Waals surface area contributed by atoms with Crippen LogP contribution in [0.15, 0.2) is 34.9 Å². The number of hydrogen-bond acceptors (Lipinski definition) is 6. The number of nitrogens with one attached hydrogen (secondary N) is 1. The molecule has 9 nitrogen and oxygen atoms in total. The number of aromatic nitrogens is 3. The number of benzene rings is 1. The molecule has 2 aromatic heterocycles. The lowest BCUT2D eigenvalue weighted by Crippen LogP contribution is -2.67. The van der Waals surface area contributed by atoms with E-state index in [0.29, 0.717) is 37.2 Å². The Hall–Kier alpha value is -3.46. The van der Waals surface area contributed by atoms with Crippen LogP contribution in [0.5, 0.6) is 0 Å². The molecule has 1 unspecified atom stereocenters. The Kier molecular flexibility index (Phi) is 6.34. The number of carbonyl (C=O) groups excluding carboxylic acids is 2. The third kappa shape index (κ3) is 4.04. The van der Waals surface area contributed by atoms with Crippen LogP contribution in [0.2, 0.25) is 0 Å². The predicted octanol–water partition coefficient (Wildman–Crippen LogP) is 3.26. The standard InChI is InChI=1S/C29H35N5O4/c1-5-16(2)25-28(35)32-24(21-12-19-8-6-7-9-20(19)13-21)29(36)34(25)26(22-14-38-18(4)31-22)27-30-17(3)23-15-37-11-10-33(23)27/h6-9,14,16,21,24-26H,5,10-13,15H2,1-4H3,(H,32,35)/t16-,24+,25+,26?/m0/s1. The summed E-state index contributed by atoms with van der Waals surface area (Å²) in [5.74, 6) is 0.951. The molecular formula is C29H35N5O4. The van der Waals surface area contributed by atoms with Gasteiger partial charge in [0.25, 0.3) is 0 Å². The molecule has 1 aliphatic carbocycles. The molecule has 0 saturated carbocycles. The van der Waals surface area contributed by atoms with Gasteiger partial charge in [-0.2, -0.15) is 0 Å². The van der Waals surface area contributed by atoms with Gasteiger partial charge in [0, 0.05) is 13.5 Å². The van der Waals surface area contributed by atoms with Crippen molar-refractivity contribution >= 4 is 11.8 Å². The van der Waals surface area contributed by atoms with E-state index in [4.69, 9.17) is 14.1 Å². The number of oxazole rings is 1. The van der Waals surface area contributed by atoms with Gasteiger partial charge >= 0.3 is 0 Å². The first-order valence-electron chi connectivity index (χ1n) is 13.6. The molecule has 2 amide bonds. The molecule has 6 rings (SSSR count). The van der Waals surface area contributed by atoms with Crippen molar-refractivity contribution in [1.82, 2.24) is 24.8 Å². The number of ether oxygens (including phenoxy) is 1. The molecule has 3 aliphatic rings. The highest BCUT2D eigenvalue weighted by atomic mass is 16.5. The van der Waals surface area contributed by atoms with E-state index in [1.807, 2.05) is 26.0 Å². The van der Waals surface area contributed by atoms with Crippen LogP contribution in [0, 0.1) is 25.7 Å². The summed E-state index contributed by atoms with van der Waals surface area (Å²) in [7, 11) is 0. The Labute approximate surface area is 222 Å². The minimum absolute atomic E-state index is 0.00625. The number of aryl methyl sites for hydroxylation is 2. The van der Waals surface area contributed by atoms with Crippen molar-refractivity contribution in [2.24, 2.45) is 11.8 Å². The van der Waals surface area contributed by atoms with Crippen molar-refractivity contribution in [2.45, 2.75) is 78.2 Å². The topological polar surface area (TPSA) is 102 Å². The monoisotopic (exact) mass is 517 g/mol. The van der Waals surface area contributed by atoms with Crippen LogP contribution in [-0.4, -0.2) is 49.9 Å². The van der Waals surface area contributed by atoms with Crippen molar-refractivity contribution in [1.29, 1.82) is 0 Å². The van der Waals surface area contributed by atoms with Crippen LogP contribution in [0.25, 0.3) is 0 Å². The van der Waals surface area contributed by atoms with Gasteiger partial charge in [0.05, 0.1) is 24.6 Å². The minimum Gasteiger partial charge on any atom is -0.449 e. The van der Waals surface area contributed by atoms with Crippen molar-refractivity contribution in [3.63, 3.8) is 0 Å². The molecule has 1 N–H and O–H groups in total. The molecule has 0 bridgehead atoms. The molecule has 0 spiro atoms. The number of nitrogens with zero attached hydrogens (tertiary/aromatic N) is 4. The highest BCUT2D eigenvalue weighted by molar-refractivity contribution is 5.98. The molecule has 9 heteroatoms. The van der Waals surface area contributed by atoms with Crippen LogP contribution in [-0.2, 0) is 40.3 Å². The molecule has 1 fully saturated rings. The summed E-state index contributed by atoms with van der Waals surface area (Å²) in [5.41, 5.74) is 4.94. The zero-order chi connectivity index (χ0) is 26.6. The van der Waals surface area contributed by atoms with Crippen molar-refractivity contribution in [3.05, 3.63) is 70.5 Å². The summed E-state index contributed by atoms with van der Waals surface area (Å²) < 4.78 is 13.5. The quantitative estimate of drug-likeness (QED) is 0.539. The minimum atomic E-state index is -0.651. The maximum Gasteiger partial charge on any atom is 0.247 e. The van der Waals surface area contributed by atoms with Crippen LogP contribution >= 0.6 is 0 Å². The third-order valence-corrected chi connectivity index (χ3v) is 8.56. The summed E-state index contributed by atoms with van der Waals surface area (Å²) >= 11 is 0. The van der Waals surface area contributed by atoms with E-state index in [1.54, 1.807) is 18.1 Å².